The predicted molar refractivity (Wildman–Crippen MR) is 63.1 cm³/mol. The molecular weight excluding hydrogens is 242 g/mol. The lowest BCUT2D eigenvalue weighted by atomic mass is 10.2. The van der Waals surface area contributed by atoms with Crippen molar-refractivity contribution in [1.29, 1.82) is 0 Å². The molecule has 2 heterocycles. The van der Waals surface area contributed by atoms with Crippen molar-refractivity contribution in [2.24, 2.45) is 0 Å². The van der Waals surface area contributed by atoms with Crippen LogP contribution in [0.4, 0.5) is 0 Å². The molecule has 0 bridgehead atoms. The molecule has 1 N–H and O–H groups in total. The lowest BCUT2D eigenvalue weighted by Crippen LogP contribution is -2.02. The molecule has 0 atom stereocenters. The van der Waals surface area contributed by atoms with Crippen LogP contribution in [-0.2, 0) is 6.54 Å². The molecule has 0 fully saturated rings. The summed E-state index contributed by atoms with van der Waals surface area (Å²) >= 11 is 6.05. The van der Waals surface area contributed by atoms with E-state index in [0.29, 0.717) is 12.2 Å². The lowest BCUT2D eigenvalue weighted by molar-refractivity contribution is 0.0689. The van der Waals surface area contributed by atoms with Crippen LogP contribution in [0.25, 0.3) is 11.3 Å². The van der Waals surface area contributed by atoms with E-state index in [0.717, 1.165) is 5.56 Å². The Morgan fingerprint density at radius 2 is 2.12 bits per heavy atom. The van der Waals surface area contributed by atoms with E-state index in [1.165, 1.54) is 0 Å². The Kier molecular flexibility index (Phi) is 3.10. The second-order valence-electron chi connectivity index (χ2n) is 3.37. The summed E-state index contributed by atoms with van der Waals surface area (Å²) in [5.74, 6) is -1.13. The summed E-state index contributed by atoms with van der Waals surface area (Å²) in [6, 6.07) is 3.53. The van der Waals surface area contributed by atoms with Crippen LogP contribution in [-0.4, -0.2) is 25.8 Å². The van der Waals surface area contributed by atoms with Crippen LogP contribution >= 0.6 is 11.6 Å². The third-order valence-corrected chi connectivity index (χ3v) is 2.71. The van der Waals surface area contributed by atoms with Gasteiger partial charge in [-0.3, -0.25) is 9.67 Å². The standard InChI is InChI=1S/C11H10ClN3O2/c1-2-15-10(7-3-5-13-6-4-7)8(12)9(14-15)11(16)17/h3-6H,2H2,1H3,(H,16,17). The monoisotopic (exact) mass is 251 g/mol. The van der Waals surface area contributed by atoms with Crippen LogP contribution in [0.15, 0.2) is 24.5 Å². The van der Waals surface area contributed by atoms with Gasteiger partial charge in [0.1, 0.15) is 5.02 Å². The molecule has 88 valence electrons. The first-order valence-corrected chi connectivity index (χ1v) is 5.43. The summed E-state index contributed by atoms with van der Waals surface area (Å²) < 4.78 is 1.57. The molecule has 0 amide bonds. The number of rotatable bonds is 3. The molecule has 6 heteroatoms. The Labute approximate surface area is 103 Å². The van der Waals surface area contributed by atoms with E-state index in [1.807, 2.05) is 6.92 Å². The molecule has 0 aliphatic carbocycles. The van der Waals surface area contributed by atoms with Crippen molar-refractivity contribution < 1.29 is 9.90 Å². The summed E-state index contributed by atoms with van der Waals surface area (Å²) in [6.45, 7) is 2.42. The Morgan fingerprint density at radius 1 is 1.47 bits per heavy atom. The molecule has 0 aliphatic heterocycles. The van der Waals surface area contributed by atoms with Crippen LogP contribution in [0.3, 0.4) is 0 Å². The van der Waals surface area contributed by atoms with Gasteiger partial charge in [-0.15, -0.1) is 0 Å². The minimum atomic E-state index is -1.13. The summed E-state index contributed by atoms with van der Waals surface area (Å²) in [5, 5.41) is 13.1. The molecule has 0 aliphatic rings. The zero-order valence-electron chi connectivity index (χ0n) is 9.09. The van der Waals surface area contributed by atoms with Gasteiger partial charge in [0.15, 0.2) is 5.69 Å². The van der Waals surface area contributed by atoms with Gasteiger partial charge in [-0.2, -0.15) is 5.10 Å². The Hall–Kier alpha value is -1.88. The number of carboxylic acid groups (broad SMARTS) is 1. The average Bonchev–Trinajstić information content (AvgIpc) is 2.67. The number of carboxylic acids is 1. The molecule has 0 aromatic carbocycles. The minimum Gasteiger partial charge on any atom is -0.476 e. The highest BCUT2D eigenvalue weighted by Gasteiger charge is 2.21. The first-order valence-electron chi connectivity index (χ1n) is 5.05. The normalized spacial score (nSPS) is 10.5. The largest absolute Gasteiger partial charge is 0.476 e. The van der Waals surface area contributed by atoms with Crippen LogP contribution in [0.1, 0.15) is 17.4 Å². The van der Waals surface area contributed by atoms with Gasteiger partial charge < -0.3 is 5.11 Å². The second-order valence-corrected chi connectivity index (χ2v) is 3.75. The van der Waals surface area contributed by atoms with E-state index in [-0.39, 0.29) is 10.7 Å². The molecule has 0 radical (unpaired) electrons. The van der Waals surface area contributed by atoms with Crippen molar-refractivity contribution in [2.75, 3.05) is 0 Å². The maximum Gasteiger partial charge on any atom is 0.358 e. The average molecular weight is 252 g/mol. The van der Waals surface area contributed by atoms with E-state index in [2.05, 4.69) is 10.1 Å². The van der Waals surface area contributed by atoms with Crippen molar-refractivity contribution in [3.63, 3.8) is 0 Å². The van der Waals surface area contributed by atoms with Crippen LogP contribution < -0.4 is 0 Å². The highest BCUT2D eigenvalue weighted by atomic mass is 35.5. The topological polar surface area (TPSA) is 68.0 Å². The maximum atomic E-state index is 11.0. The SMILES string of the molecule is CCn1nc(C(=O)O)c(Cl)c1-c1ccncc1. The Bertz CT molecular complexity index is 551. The summed E-state index contributed by atoms with van der Waals surface area (Å²) in [5.41, 5.74) is 1.28. The van der Waals surface area contributed by atoms with Crippen molar-refractivity contribution in [1.82, 2.24) is 14.8 Å². The minimum absolute atomic E-state index is 0.125. The fourth-order valence-corrected chi connectivity index (χ4v) is 1.92. The first-order chi connectivity index (χ1) is 8.15. The number of carbonyl (C=O) groups is 1. The molecule has 0 spiro atoms. The van der Waals surface area contributed by atoms with Gasteiger partial charge in [0, 0.05) is 24.5 Å². The zero-order chi connectivity index (χ0) is 12.4. The van der Waals surface area contributed by atoms with Gasteiger partial charge in [0.25, 0.3) is 0 Å². The number of aromatic carboxylic acids is 1. The van der Waals surface area contributed by atoms with Crippen molar-refractivity contribution in [3.05, 3.63) is 35.2 Å². The fourth-order valence-electron chi connectivity index (χ4n) is 1.59. The summed E-state index contributed by atoms with van der Waals surface area (Å²) in [4.78, 5) is 14.9. The predicted octanol–water partition coefficient (Wildman–Crippen LogP) is 2.32. The van der Waals surface area contributed by atoms with Gasteiger partial charge in [0.05, 0.1) is 5.69 Å². The number of nitrogens with zero attached hydrogens (tertiary/aromatic N) is 3. The quantitative estimate of drug-likeness (QED) is 0.909. The number of halogens is 1. The van der Waals surface area contributed by atoms with E-state index in [9.17, 15) is 4.79 Å². The van der Waals surface area contributed by atoms with Crippen LogP contribution in [0.2, 0.25) is 5.02 Å². The van der Waals surface area contributed by atoms with Gasteiger partial charge in [-0.1, -0.05) is 11.6 Å². The molecule has 0 unspecified atom stereocenters. The second kappa shape index (κ2) is 4.55. The van der Waals surface area contributed by atoms with Crippen molar-refractivity contribution in [2.45, 2.75) is 13.5 Å². The van der Waals surface area contributed by atoms with Gasteiger partial charge >= 0.3 is 5.97 Å². The number of aromatic nitrogens is 3. The van der Waals surface area contributed by atoms with Gasteiger partial charge in [-0.25, -0.2) is 4.79 Å². The lowest BCUT2D eigenvalue weighted by Gasteiger charge is -2.04. The third kappa shape index (κ3) is 2.01. The highest BCUT2D eigenvalue weighted by Crippen LogP contribution is 2.30. The molecule has 2 aromatic rings. The number of pyridine rings is 1. The molecule has 2 rings (SSSR count). The molecule has 0 saturated heterocycles. The Balaban J connectivity index is 2.64. The highest BCUT2D eigenvalue weighted by molar-refractivity contribution is 6.35. The molecule has 17 heavy (non-hydrogen) atoms. The molecular formula is C11H10ClN3O2. The summed E-state index contributed by atoms with van der Waals surface area (Å²) in [6.07, 6.45) is 3.25. The van der Waals surface area contributed by atoms with E-state index in [4.69, 9.17) is 16.7 Å². The van der Waals surface area contributed by atoms with E-state index >= 15 is 0 Å². The number of aryl methyl sites for hydroxylation is 1. The van der Waals surface area contributed by atoms with E-state index < -0.39 is 5.97 Å². The van der Waals surface area contributed by atoms with E-state index in [1.54, 1.807) is 29.2 Å². The third-order valence-electron chi connectivity index (χ3n) is 2.35. The molecule has 5 nitrogen and oxygen atoms in total. The molecule has 2 aromatic heterocycles. The maximum absolute atomic E-state index is 11.0. The number of hydrogen-bond donors (Lipinski definition) is 1. The van der Waals surface area contributed by atoms with Crippen LogP contribution in [0.5, 0.6) is 0 Å². The summed E-state index contributed by atoms with van der Waals surface area (Å²) in [7, 11) is 0. The smallest absolute Gasteiger partial charge is 0.358 e. The zero-order valence-corrected chi connectivity index (χ0v) is 9.85. The Morgan fingerprint density at radius 3 is 2.65 bits per heavy atom. The van der Waals surface area contributed by atoms with Crippen LogP contribution in [0, 0.1) is 0 Å². The van der Waals surface area contributed by atoms with Gasteiger partial charge in [-0.05, 0) is 19.1 Å². The van der Waals surface area contributed by atoms with Gasteiger partial charge in [0.2, 0.25) is 0 Å². The first kappa shape index (κ1) is 11.6. The fraction of sp³-hybridized carbons (Fsp3) is 0.182. The number of hydrogen-bond acceptors (Lipinski definition) is 3. The molecule has 0 saturated carbocycles. The van der Waals surface area contributed by atoms with Crippen molar-refractivity contribution in [3.8, 4) is 11.3 Å². The van der Waals surface area contributed by atoms with Crippen molar-refractivity contribution >= 4 is 17.6 Å².